The molecule has 27 heavy (non-hydrogen) atoms. The Bertz CT molecular complexity index is 494. The number of hydrogen-bond acceptors (Lipinski definition) is 1. The van der Waals surface area contributed by atoms with Crippen LogP contribution in [0.3, 0.4) is 0 Å². The molecule has 0 saturated heterocycles. The molecule has 0 spiro atoms. The average molecular weight is 469 g/mol. The molecule has 5 heteroatoms. The zero-order chi connectivity index (χ0) is 19.9. The van der Waals surface area contributed by atoms with Crippen LogP contribution in [0.1, 0.15) is 96.9 Å². The smallest absolute Gasteiger partial charge is 1.00 e. The number of halogens is 2. The van der Waals surface area contributed by atoms with Gasteiger partial charge in [-0.3, -0.25) is 6.08 Å². The number of allylic oxidation sites excluding steroid dienone is 4. The first-order valence-corrected chi connectivity index (χ1v) is 11.1. The van der Waals surface area contributed by atoms with Crippen LogP contribution in [0.2, 0.25) is 15.1 Å². The van der Waals surface area contributed by atoms with Gasteiger partial charge in [0.1, 0.15) is 0 Å². The molecule has 0 aromatic rings. The summed E-state index contributed by atoms with van der Waals surface area (Å²) in [6.07, 6.45) is 3.44. The maximum atomic E-state index is 13.3. The Morgan fingerprint density at radius 3 is 1.04 bits per heavy atom. The summed E-state index contributed by atoms with van der Waals surface area (Å²) in [4.78, 5) is 13.3. The monoisotopic (exact) mass is 468 g/mol. The van der Waals surface area contributed by atoms with Crippen LogP contribution in [0.4, 0.5) is 0 Å². The molecule has 0 atom stereocenters. The maximum absolute atomic E-state index is 13.3. The minimum absolute atomic E-state index is 0. The van der Waals surface area contributed by atoms with E-state index in [0.29, 0.717) is 0 Å². The molecule has 0 aliphatic heterocycles. The largest absolute Gasteiger partial charge is 4.00 e. The summed E-state index contributed by atoms with van der Waals surface area (Å²) in [6, 6.07) is 0. The van der Waals surface area contributed by atoms with E-state index >= 15 is 0 Å². The van der Waals surface area contributed by atoms with Crippen molar-refractivity contribution in [1.29, 1.82) is 0 Å². The Hall–Kier alpha value is 0.951. The summed E-state index contributed by atoms with van der Waals surface area (Å²) >= 11 is 0. The van der Waals surface area contributed by atoms with Gasteiger partial charge in [-0.15, -0.1) is 6.92 Å². The molecule has 1 rings (SSSR count). The standard InChI is InChI=1S/C12H27OSi.C10H15.2ClH.Ti/c1-10(2,3)14(13,11(4,5)6)12(7,8)9;1-7-6-10(4,5)9(3)8(7)2;;;/h1-9H3;1-5H3;2*1H;/q2*-1;;;+4/p-2. The first-order valence-electron chi connectivity index (χ1n) is 9.20. The van der Waals surface area contributed by atoms with Crippen molar-refractivity contribution in [2.45, 2.75) is 112 Å². The van der Waals surface area contributed by atoms with Crippen molar-refractivity contribution in [2.24, 2.45) is 5.41 Å². The van der Waals surface area contributed by atoms with Crippen LogP contribution in [-0.2, 0) is 21.7 Å². The minimum atomic E-state index is -2.60. The van der Waals surface area contributed by atoms with Gasteiger partial charge in [0.25, 0.3) is 0 Å². The van der Waals surface area contributed by atoms with E-state index in [9.17, 15) is 4.80 Å². The Labute approximate surface area is 199 Å². The van der Waals surface area contributed by atoms with E-state index in [0.717, 1.165) is 0 Å². The molecule has 0 saturated carbocycles. The van der Waals surface area contributed by atoms with Gasteiger partial charge in [0.15, 0.2) is 0 Å². The fourth-order valence-corrected chi connectivity index (χ4v) is 11.5. The van der Waals surface area contributed by atoms with Gasteiger partial charge < -0.3 is 29.6 Å². The van der Waals surface area contributed by atoms with Crippen molar-refractivity contribution in [3.05, 3.63) is 22.8 Å². The van der Waals surface area contributed by atoms with Gasteiger partial charge in [0, 0.05) is 0 Å². The van der Waals surface area contributed by atoms with Gasteiger partial charge in [-0.2, -0.15) is 11.1 Å². The van der Waals surface area contributed by atoms with E-state index < -0.39 is 8.32 Å². The molecule has 0 heterocycles. The first-order chi connectivity index (χ1) is 10.2. The second kappa shape index (κ2) is 10.8. The minimum Gasteiger partial charge on any atom is -1.00 e. The van der Waals surface area contributed by atoms with E-state index in [2.05, 4.69) is 103 Å². The fourth-order valence-electron chi connectivity index (χ4n) is 4.78. The predicted octanol–water partition coefficient (Wildman–Crippen LogP) is 0.810. The van der Waals surface area contributed by atoms with Crippen LogP contribution in [0.5, 0.6) is 0 Å². The molecular weight excluding hydrogens is 427 g/mol. The molecule has 1 aliphatic rings. The Kier molecular flexibility index (Phi) is 14.2. The fraction of sp³-hybridized carbons (Fsp3) is 0.818. The zero-order valence-electron chi connectivity index (χ0n) is 20.2. The molecule has 0 aromatic carbocycles. The third-order valence-corrected chi connectivity index (χ3v) is 12.1. The maximum Gasteiger partial charge on any atom is 4.00 e. The predicted molar refractivity (Wildman–Crippen MR) is 109 cm³/mol. The molecule has 0 unspecified atom stereocenters. The molecule has 158 valence electrons. The van der Waals surface area contributed by atoms with Crippen molar-refractivity contribution < 1.29 is 51.3 Å². The van der Waals surface area contributed by atoms with E-state index in [1.54, 1.807) is 0 Å². The molecule has 0 fully saturated rings. The van der Waals surface area contributed by atoms with E-state index in [-0.39, 0.29) is 67.1 Å². The van der Waals surface area contributed by atoms with Gasteiger partial charge in [0.2, 0.25) is 0 Å². The van der Waals surface area contributed by atoms with Crippen molar-refractivity contribution in [3.63, 3.8) is 0 Å². The Balaban J connectivity index is -0.000000183. The van der Waals surface area contributed by atoms with E-state index in [1.165, 1.54) is 16.7 Å². The van der Waals surface area contributed by atoms with E-state index in [4.69, 9.17) is 0 Å². The van der Waals surface area contributed by atoms with Gasteiger partial charge in [0.05, 0.1) is 0 Å². The van der Waals surface area contributed by atoms with Crippen LogP contribution in [0.25, 0.3) is 0 Å². The van der Waals surface area contributed by atoms with Crippen LogP contribution < -0.4 is 29.6 Å². The van der Waals surface area contributed by atoms with Crippen molar-refractivity contribution in [1.82, 2.24) is 0 Å². The summed E-state index contributed by atoms with van der Waals surface area (Å²) in [7, 11) is -2.60. The number of rotatable bonds is 0. The van der Waals surface area contributed by atoms with E-state index in [1.807, 2.05) is 0 Å². The Morgan fingerprint density at radius 2 is 1.00 bits per heavy atom. The normalized spacial score (nSPS) is 16.9. The van der Waals surface area contributed by atoms with Crippen molar-refractivity contribution >= 4 is 8.32 Å². The summed E-state index contributed by atoms with van der Waals surface area (Å²) < 4.78 is 0. The molecule has 1 aliphatic carbocycles. The quantitative estimate of drug-likeness (QED) is 0.381. The zero-order valence-corrected chi connectivity index (χ0v) is 24.2. The van der Waals surface area contributed by atoms with Gasteiger partial charge in [-0.25, -0.2) is 5.57 Å². The second-order valence-electron chi connectivity index (χ2n) is 11.1. The van der Waals surface area contributed by atoms with Crippen LogP contribution >= 0.6 is 0 Å². The Morgan fingerprint density at radius 1 is 0.741 bits per heavy atom. The van der Waals surface area contributed by atoms with Crippen LogP contribution in [0.15, 0.2) is 16.7 Å². The summed E-state index contributed by atoms with van der Waals surface area (Å²) in [5.74, 6) is 0. The summed E-state index contributed by atoms with van der Waals surface area (Å²) in [6.45, 7) is 29.9. The van der Waals surface area contributed by atoms with Crippen molar-refractivity contribution in [3.8, 4) is 0 Å². The summed E-state index contributed by atoms with van der Waals surface area (Å²) in [5.41, 5.74) is 4.39. The number of hydrogen-bond donors (Lipinski definition) is 0. The second-order valence-corrected chi connectivity index (χ2v) is 16.9. The summed E-state index contributed by atoms with van der Waals surface area (Å²) in [5, 5.41) is -0.281. The first kappa shape index (κ1) is 35.4. The molecule has 0 radical (unpaired) electrons. The average Bonchev–Trinajstić information content (AvgIpc) is 2.47. The molecule has 1 nitrogen and oxygen atoms in total. The molecule has 0 aromatic heterocycles. The topological polar surface area (TPSA) is 23.1 Å². The van der Waals surface area contributed by atoms with Gasteiger partial charge in [-0.1, -0.05) is 111 Å². The van der Waals surface area contributed by atoms with Crippen LogP contribution in [-0.4, -0.2) is 8.32 Å². The molecule has 0 N–H and O–H groups in total. The molecule has 0 bridgehead atoms. The SMILES string of the molecule is CC(C)(C)[Si]([O-])(C(C)(C)C)C(C)(C)C.CC1=[C-]C(C)(C)C(C)=C1C.[Cl-].[Cl-].[Ti+4]. The molecular formula is C22H42Cl2OSiTi. The van der Waals surface area contributed by atoms with Crippen LogP contribution in [0, 0.1) is 11.5 Å². The van der Waals surface area contributed by atoms with Gasteiger partial charge in [-0.05, 0) is 8.32 Å². The molecule has 0 amide bonds. The van der Waals surface area contributed by atoms with Gasteiger partial charge >= 0.3 is 21.7 Å². The third-order valence-electron chi connectivity index (χ3n) is 5.73. The third kappa shape index (κ3) is 7.61. The van der Waals surface area contributed by atoms with Crippen molar-refractivity contribution in [2.75, 3.05) is 0 Å².